The molecule has 1 aromatic rings. The van der Waals surface area contributed by atoms with Gasteiger partial charge in [0.1, 0.15) is 0 Å². The second kappa shape index (κ2) is 6.36. The summed E-state index contributed by atoms with van der Waals surface area (Å²) in [6, 6.07) is 8.95. The molecular weight excluding hydrogens is 242 g/mol. The van der Waals surface area contributed by atoms with Crippen LogP contribution in [0.2, 0.25) is 0 Å². The Kier molecular flexibility index (Phi) is 4.55. The fourth-order valence-corrected chi connectivity index (χ4v) is 2.58. The summed E-state index contributed by atoms with van der Waals surface area (Å²) in [6.07, 6.45) is 3.66. The Balaban J connectivity index is 2.03. The highest BCUT2D eigenvalue weighted by atomic mass is 16.5. The van der Waals surface area contributed by atoms with Crippen LogP contribution in [0.15, 0.2) is 30.3 Å². The van der Waals surface area contributed by atoms with Gasteiger partial charge >= 0.3 is 5.97 Å². The van der Waals surface area contributed by atoms with Crippen LogP contribution in [-0.4, -0.2) is 25.0 Å². The molecule has 2 rings (SSSR count). The highest BCUT2D eigenvalue weighted by Crippen LogP contribution is 2.25. The van der Waals surface area contributed by atoms with Gasteiger partial charge in [0, 0.05) is 11.6 Å². The maximum absolute atomic E-state index is 12.1. The first-order valence-electron chi connectivity index (χ1n) is 6.66. The minimum absolute atomic E-state index is 0.117. The van der Waals surface area contributed by atoms with Crippen LogP contribution in [-0.2, 0) is 9.53 Å². The number of rotatable bonds is 3. The quantitative estimate of drug-likeness (QED) is 0.848. The molecule has 0 spiro atoms. The first-order chi connectivity index (χ1) is 9.22. The molecule has 0 unspecified atom stereocenters. The van der Waals surface area contributed by atoms with Gasteiger partial charge in [-0.2, -0.15) is 0 Å². The van der Waals surface area contributed by atoms with Crippen LogP contribution in [0.25, 0.3) is 0 Å². The van der Waals surface area contributed by atoms with E-state index in [1.807, 2.05) is 18.2 Å². The number of carbonyl (C=O) groups is 2. The number of carbonyl (C=O) groups excluding carboxylic acids is 2. The van der Waals surface area contributed by atoms with E-state index < -0.39 is 0 Å². The lowest BCUT2D eigenvalue weighted by Crippen LogP contribution is -2.45. The SMILES string of the molecule is COC(=O)[C@@H]1CCCC[C@H]1NC(=O)c1ccccc1. The summed E-state index contributed by atoms with van der Waals surface area (Å²) in [6.45, 7) is 0. The number of nitrogens with one attached hydrogen (secondary N) is 1. The van der Waals surface area contributed by atoms with Crippen LogP contribution in [0.4, 0.5) is 0 Å². The largest absolute Gasteiger partial charge is 0.469 e. The van der Waals surface area contributed by atoms with Crippen molar-refractivity contribution in [3.63, 3.8) is 0 Å². The predicted molar refractivity (Wildman–Crippen MR) is 71.7 cm³/mol. The van der Waals surface area contributed by atoms with Gasteiger partial charge in [0.05, 0.1) is 13.0 Å². The Morgan fingerprint density at radius 2 is 1.84 bits per heavy atom. The number of amides is 1. The first-order valence-corrected chi connectivity index (χ1v) is 6.66. The van der Waals surface area contributed by atoms with Gasteiger partial charge in [-0.15, -0.1) is 0 Å². The number of hydrogen-bond acceptors (Lipinski definition) is 3. The van der Waals surface area contributed by atoms with E-state index >= 15 is 0 Å². The van der Waals surface area contributed by atoms with Crippen molar-refractivity contribution in [1.29, 1.82) is 0 Å². The molecule has 4 nitrogen and oxygen atoms in total. The highest BCUT2D eigenvalue weighted by molar-refractivity contribution is 5.94. The minimum atomic E-state index is -0.224. The summed E-state index contributed by atoms with van der Waals surface area (Å²) < 4.78 is 4.82. The topological polar surface area (TPSA) is 55.4 Å². The predicted octanol–water partition coefficient (Wildman–Crippen LogP) is 2.15. The maximum Gasteiger partial charge on any atom is 0.310 e. The van der Waals surface area contributed by atoms with E-state index in [-0.39, 0.29) is 23.8 Å². The third-order valence-electron chi connectivity index (χ3n) is 3.62. The summed E-state index contributed by atoms with van der Waals surface area (Å²) in [7, 11) is 1.40. The number of benzene rings is 1. The number of ether oxygens (including phenoxy) is 1. The van der Waals surface area contributed by atoms with Crippen molar-refractivity contribution < 1.29 is 14.3 Å². The molecular formula is C15H19NO3. The Morgan fingerprint density at radius 3 is 2.53 bits per heavy atom. The summed E-state index contributed by atoms with van der Waals surface area (Å²) in [5, 5.41) is 2.96. The molecule has 1 aliphatic carbocycles. The number of esters is 1. The van der Waals surface area contributed by atoms with Gasteiger partial charge in [0.2, 0.25) is 0 Å². The van der Waals surface area contributed by atoms with Crippen LogP contribution in [0, 0.1) is 5.92 Å². The summed E-state index contributed by atoms with van der Waals surface area (Å²) in [4.78, 5) is 23.8. The molecule has 1 aliphatic rings. The van der Waals surface area contributed by atoms with Crippen molar-refractivity contribution in [2.45, 2.75) is 31.7 Å². The van der Waals surface area contributed by atoms with Crippen LogP contribution < -0.4 is 5.32 Å². The Hall–Kier alpha value is -1.84. The lowest BCUT2D eigenvalue weighted by Gasteiger charge is -2.30. The number of hydrogen-bond donors (Lipinski definition) is 1. The van der Waals surface area contributed by atoms with Crippen molar-refractivity contribution in [2.24, 2.45) is 5.92 Å². The molecule has 102 valence electrons. The van der Waals surface area contributed by atoms with Crippen LogP contribution >= 0.6 is 0 Å². The van der Waals surface area contributed by atoms with E-state index in [9.17, 15) is 9.59 Å². The zero-order chi connectivity index (χ0) is 13.7. The molecule has 1 fully saturated rings. The van der Waals surface area contributed by atoms with Crippen molar-refractivity contribution in [1.82, 2.24) is 5.32 Å². The fraction of sp³-hybridized carbons (Fsp3) is 0.467. The monoisotopic (exact) mass is 261 g/mol. The van der Waals surface area contributed by atoms with E-state index in [0.29, 0.717) is 5.56 Å². The zero-order valence-corrected chi connectivity index (χ0v) is 11.1. The van der Waals surface area contributed by atoms with Crippen LogP contribution in [0.5, 0.6) is 0 Å². The van der Waals surface area contributed by atoms with Gasteiger partial charge in [-0.3, -0.25) is 9.59 Å². The molecule has 2 atom stereocenters. The molecule has 1 aromatic carbocycles. The smallest absolute Gasteiger partial charge is 0.310 e. The summed E-state index contributed by atoms with van der Waals surface area (Å²) in [5.41, 5.74) is 0.622. The summed E-state index contributed by atoms with van der Waals surface area (Å²) >= 11 is 0. The molecule has 0 radical (unpaired) electrons. The molecule has 1 N–H and O–H groups in total. The Labute approximate surface area is 113 Å². The molecule has 0 heterocycles. The molecule has 1 amide bonds. The van der Waals surface area contributed by atoms with Gasteiger partial charge < -0.3 is 10.1 Å². The van der Waals surface area contributed by atoms with Gasteiger partial charge in [0.25, 0.3) is 5.91 Å². The second-order valence-electron chi connectivity index (χ2n) is 4.86. The van der Waals surface area contributed by atoms with Gasteiger partial charge in [-0.05, 0) is 25.0 Å². The van der Waals surface area contributed by atoms with Crippen molar-refractivity contribution >= 4 is 11.9 Å². The standard InChI is InChI=1S/C15H19NO3/c1-19-15(18)12-9-5-6-10-13(12)16-14(17)11-7-3-2-4-8-11/h2-4,7-8,12-13H,5-6,9-10H2,1H3,(H,16,17)/t12-,13-/m1/s1. The first kappa shape index (κ1) is 13.6. The van der Waals surface area contributed by atoms with Crippen molar-refractivity contribution in [3.05, 3.63) is 35.9 Å². The Morgan fingerprint density at radius 1 is 1.16 bits per heavy atom. The molecule has 1 saturated carbocycles. The van der Waals surface area contributed by atoms with Gasteiger partial charge in [-0.25, -0.2) is 0 Å². The van der Waals surface area contributed by atoms with E-state index in [1.54, 1.807) is 12.1 Å². The second-order valence-corrected chi connectivity index (χ2v) is 4.86. The molecule has 0 aliphatic heterocycles. The molecule has 19 heavy (non-hydrogen) atoms. The number of methoxy groups -OCH3 is 1. The molecule has 0 aromatic heterocycles. The highest BCUT2D eigenvalue weighted by Gasteiger charge is 2.32. The van der Waals surface area contributed by atoms with E-state index in [4.69, 9.17) is 4.74 Å². The molecule has 0 saturated heterocycles. The van der Waals surface area contributed by atoms with E-state index in [0.717, 1.165) is 25.7 Å². The fourth-order valence-electron chi connectivity index (χ4n) is 2.58. The van der Waals surface area contributed by atoms with Crippen molar-refractivity contribution in [2.75, 3.05) is 7.11 Å². The average molecular weight is 261 g/mol. The third kappa shape index (κ3) is 3.34. The minimum Gasteiger partial charge on any atom is -0.469 e. The van der Waals surface area contributed by atoms with Gasteiger partial charge in [-0.1, -0.05) is 31.0 Å². The van der Waals surface area contributed by atoms with Crippen LogP contribution in [0.1, 0.15) is 36.0 Å². The van der Waals surface area contributed by atoms with E-state index in [1.165, 1.54) is 7.11 Å². The lowest BCUT2D eigenvalue weighted by molar-refractivity contribution is -0.147. The normalized spacial score (nSPS) is 22.6. The van der Waals surface area contributed by atoms with Crippen LogP contribution in [0.3, 0.4) is 0 Å². The molecule has 4 heteroatoms. The average Bonchev–Trinajstić information content (AvgIpc) is 2.48. The van der Waals surface area contributed by atoms with E-state index in [2.05, 4.69) is 5.32 Å². The van der Waals surface area contributed by atoms with Crippen molar-refractivity contribution in [3.8, 4) is 0 Å². The van der Waals surface area contributed by atoms with Gasteiger partial charge in [0.15, 0.2) is 0 Å². The molecule has 0 bridgehead atoms. The summed E-state index contributed by atoms with van der Waals surface area (Å²) in [5.74, 6) is -0.564. The Bertz CT molecular complexity index is 444. The maximum atomic E-state index is 12.1. The third-order valence-corrected chi connectivity index (χ3v) is 3.62. The zero-order valence-electron chi connectivity index (χ0n) is 11.1. The lowest BCUT2D eigenvalue weighted by atomic mass is 9.84.